The van der Waals surface area contributed by atoms with Gasteiger partial charge in [-0.1, -0.05) is 20.8 Å². The molecule has 118 valence electrons. The van der Waals surface area contributed by atoms with Crippen LogP contribution in [0.3, 0.4) is 0 Å². The molecule has 1 fully saturated rings. The van der Waals surface area contributed by atoms with Crippen molar-refractivity contribution >= 4 is 17.6 Å². The van der Waals surface area contributed by atoms with Crippen LogP contribution in [0.15, 0.2) is 0 Å². The number of morpholine rings is 1. The van der Waals surface area contributed by atoms with E-state index in [4.69, 9.17) is 4.74 Å². The average molecular weight is 318 g/mol. The molecule has 1 saturated heterocycles. The van der Waals surface area contributed by atoms with Crippen molar-refractivity contribution in [1.82, 2.24) is 0 Å². The maximum atomic E-state index is 9.80. The van der Waals surface area contributed by atoms with Crippen LogP contribution in [0.25, 0.3) is 0 Å². The number of nitriles is 1. The molecule has 3 heterocycles. The Bertz CT molecular complexity index is 615. The number of aromatic nitrogens is 1. The van der Waals surface area contributed by atoms with Crippen LogP contribution in [0.1, 0.15) is 43.2 Å². The fourth-order valence-corrected chi connectivity index (χ4v) is 4.45. The van der Waals surface area contributed by atoms with E-state index in [9.17, 15) is 5.26 Å². The highest BCUT2D eigenvalue weighted by Crippen LogP contribution is 2.41. The summed E-state index contributed by atoms with van der Waals surface area (Å²) >= 11 is 1.99. The van der Waals surface area contributed by atoms with Gasteiger partial charge in [0.2, 0.25) is 0 Å². The molecule has 1 aromatic heterocycles. The van der Waals surface area contributed by atoms with Gasteiger partial charge in [0.25, 0.3) is 5.82 Å². The van der Waals surface area contributed by atoms with Crippen molar-refractivity contribution in [2.75, 3.05) is 31.2 Å². The smallest absolute Gasteiger partial charge is 0.293 e. The highest BCUT2D eigenvalue weighted by molar-refractivity contribution is 7.99. The molecule has 3 rings (SSSR count). The van der Waals surface area contributed by atoms with Crippen molar-refractivity contribution in [2.24, 2.45) is 0 Å². The second kappa shape index (κ2) is 6.10. The summed E-state index contributed by atoms with van der Waals surface area (Å²) in [6, 6.07) is 2.49. The molecule has 22 heavy (non-hydrogen) atoms. The lowest BCUT2D eigenvalue weighted by atomic mass is 9.91. The van der Waals surface area contributed by atoms with Gasteiger partial charge < -0.3 is 4.74 Å². The summed E-state index contributed by atoms with van der Waals surface area (Å²) in [6.07, 6.45) is 1.95. The summed E-state index contributed by atoms with van der Waals surface area (Å²) in [5, 5.41) is 9.80. The third kappa shape index (κ3) is 2.82. The molecular formula is C17H24N3OS+. The standard InChI is InChI=1S/C17H23N3OS/c1-4-15-14-11-22-17(2,3)9-12(14)13(10-18)16(19-15)20-5-7-21-8-6-20/h4-9,11H2,1-3H3/p+1. The first-order valence-electron chi connectivity index (χ1n) is 8.02. The molecule has 0 aliphatic carbocycles. The molecule has 4 nitrogen and oxygen atoms in total. The Morgan fingerprint density at radius 1 is 1.32 bits per heavy atom. The zero-order chi connectivity index (χ0) is 15.7. The molecule has 2 aliphatic rings. The molecule has 0 amide bonds. The summed E-state index contributed by atoms with van der Waals surface area (Å²) in [6.45, 7) is 9.91. The molecule has 2 aliphatic heterocycles. The minimum Gasteiger partial charge on any atom is -0.373 e. The van der Waals surface area contributed by atoms with Gasteiger partial charge >= 0.3 is 0 Å². The number of pyridine rings is 1. The summed E-state index contributed by atoms with van der Waals surface area (Å²) < 4.78 is 5.66. The Balaban J connectivity index is 2.13. The van der Waals surface area contributed by atoms with E-state index in [1.165, 1.54) is 16.8 Å². The summed E-state index contributed by atoms with van der Waals surface area (Å²) in [4.78, 5) is 5.85. The molecular weight excluding hydrogens is 294 g/mol. The van der Waals surface area contributed by atoms with Crippen LogP contribution in [0.2, 0.25) is 0 Å². The highest BCUT2D eigenvalue weighted by Gasteiger charge is 2.35. The van der Waals surface area contributed by atoms with Crippen LogP contribution in [0.4, 0.5) is 5.82 Å². The molecule has 0 bridgehead atoms. The Morgan fingerprint density at radius 2 is 2.05 bits per heavy atom. The fourth-order valence-electron chi connectivity index (χ4n) is 3.32. The van der Waals surface area contributed by atoms with E-state index in [1.807, 2.05) is 11.8 Å². The van der Waals surface area contributed by atoms with Gasteiger partial charge in [0, 0.05) is 22.5 Å². The lowest BCUT2D eigenvalue weighted by Gasteiger charge is -2.32. The molecule has 5 heteroatoms. The molecule has 0 saturated carbocycles. The first-order chi connectivity index (χ1) is 10.6. The van der Waals surface area contributed by atoms with Crippen LogP contribution in [-0.2, 0) is 23.3 Å². The number of nitrogens with zero attached hydrogens (tertiary/aromatic N) is 2. The van der Waals surface area contributed by atoms with Crippen molar-refractivity contribution in [3.8, 4) is 6.07 Å². The van der Waals surface area contributed by atoms with Crippen LogP contribution >= 0.6 is 11.8 Å². The minimum absolute atomic E-state index is 0.202. The Kier molecular flexibility index (Phi) is 4.33. The van der Waals surface area contributed by atoms with E-state index in [0.717, 1.165) is 56.3 Å². The van der Waals surface area contributed by atoms with E-state index in [1.54, 1.807) is 0 Å². The zero-order valence-electron chi connectivity index (χ0n) is 13.7. The van der Waals surface area contributed by atoms with Gasteiger partial charge in [0.05, 0.1) is 13.2 Å². The van der Waals surface area contributed by atoms with Gasteiger partial charge in [0.15, 0.2) is 0 Å². The summed E-state index contributed by atoms with van der Waals surface area (Å²) in [7, 11) is 0. The van der Waals surface area contributed by atoms with Crippen molar-refractivity contribution in [3.05, 3.63) is 22.4 Å². The van der Waals surface area contributed by atoms with Crippen LogP contribution in [-0.4, -0.2) is 31.1 Å². The number of hydrogen-bond donors (Lipinski definition) is 0. The number of H-pyrrole nitrogens is 1. The lowest BCUT2D eigenvalue weighted by molar-refractivity contribution is -0.377. The van der Waals surface area contributed by atoms with Crippen LogP contribution in [0.5, 0.6) is 0 Å². The van der Waals surface area contributed by atoms with E-state index in [2.05, 4.69) is 36.7 Å². The number of nitrogens with one attached hydrogen (secondary N) is 1. The topological polar surface area (TPSA) is 50.4 Å². The van der Waals surface area contributed by atoms with Gasteiger partial charge in [0.1, 0.15) is 30.4 Å². The second-order valence-corrected chi connectivity index (χ2v) is 8.26. The molecule has 0 spiro atoms. The number of ether oxygens (including phenoxy) is 1. The SMILES string of the molecule is CCc1[nH+]c(N2CCOCC2)c(C#N)c2c1CSC(C)(C)C2. The Hall–Kier alpha value is -1.25. The number of anilines is 1. The maximum absolute atomic E-state index is 9.80. The minimum atomic E-state index is 0.202. The number of rotatable bonds is 2. The number of fused-ring (bicyclic) bond motifs is 1. The number of hydrogen-bond acceptors (Lipinski definition) is 4. The van der Waals surface area contributed by atoms with Gasteiger partial charge in [-0.25, -0.2) is 4.98 Å². The molecule has 0 atom stereocenters. The van der Waals surface area contributed by atoms with Gasteiger partial charge in [-0.3, -0.25) is 4.90 Å². The molecule has 0 aromatic carbocycles. The first-order valence-corrected chi connectivity index (χ1v) is 9.01. The third-order valence-electron chi connectivity index (χ3n) is 4.54. The predicted molar refractivity (Wildman–Crippen MR) is 89.2 cm³/mol. The Labute approximate surface area is 136 Å². The number of aromatic amines is 1. The number of aryl methyl sites for hydroxylation is 1. The summed E-state index contributed by atoms with van der Waals surface area (Å²) in [5.41, 5.74) is 4.77. The zero-order valence-corrected chi connectivity index (χ0v) is 14.5. The second-order valence-electron chi connectivity index (χ2n) is 6.57. The van der Waals surface area contributed by atoms with Gasteiger partial charge in [-0.15, -0.1) is 0 Å². The van der Waals surface area contributed by atoms with Crippen LogP contribution in [0, 0.1) is 11.3 Å². The van der Waals surface area contributed by atoms with Gasteiger partial charge in [-0.05, 0) is 12.0 Å². The third-order valence-corrected chi connectivity index (χ3v) is 5.90. The first kappa shape index (κ1) is 15.6. The van der Waals surface area contributed by atoms with Crippen molar-refractivity contribution in [3.63, 3.8) is 0 Å². The monoisotopic (exact) mass is 318 g/mol. The van der Waals surface area contributed by atoms with E-state index in [-0.39, 0.29) is 4.75 Å². The van der Waals surface area contributed by atoms with E-state index in [0.29, 0.717) is 0 Å². The van der Waals surface area contributed by atoms with Crippen molar-refractivity contribution in [2.45, 2.75) is 44.1 Å². The predicted octanol–water partition coefficient (Wildman–Crippen LogP) is 2.34. The van der Waals surface area contributed by atoms with E-state index < -0.39 is 0 Å². The van der Waals surface area contributed by atoms with Crippen molar-refractivity contribution < 1.29 is 9.72 Å². The van der Waals surface area contributed by atoms with Crippen molar-refractivity contribution in [1.29, 1.82) is 5.26 Å². The largest absolute Gasteiger partial charge is 0.373 e. The lowest BCUT2D eigenvalue weighted by Crippen LogP contribution is -2.42. The average Bonchev–Trinajstić information content (AvgIpc) is 2.53. The molecule has 0 unspecified atom stereocenters. The van der Waals surface area contributed by atoms with E-state index >= 15 is 0 Å². The Morgan fingerprint density at radius 3 is 2.68 bits per heavy atom. The fraction of sp³-hybridized carbons (Fsp3) is 0.647. The van der Waals surface area contributed by atoms with Crippen LogP contribution < -0.4 is 9.88 Å². The van der Waals surface area contributed by atoms with Gasteiger partial charge in [-0.2, -0.15) is 17.0 Å². The quantitative estimate of drug-likeness (QED) is 0.840. The normalized spacial score (nSPS) is 20.4. The molecule has 1 aromatic rings. The molecule has 1 N–H and O–H groups in total. The molecule has 0 radical (unpaired) electrons. The highest BCUT2D eigenvalue weighted by atomic mass is 32.2. The summed E-state index contributed by atoms with van der Waals surface area (Å²) in [5.74, 6) is 2.00. The maximum Gasteiger partial charge on any atom is 0.293 e. The number of thioether (sulfide) groups is 1.